The SMILES string of the molecule is [B]C1=CCC=C(NC(=C)C2=C(C)C(C)(CC)N(CC)N(Cc3cccc(F)c3F)C2=O)N=C1. The molecule has 0 fully saturated rings. The second-order valence-corrected chi connectivity index (χ2v) is 8.31. The van der Waals surface area contributed by atoms with E-state index in [0.717, 1.165) is 11.6 Å². The molecule has 1 aromatic carbocycles. The molecule has 0 aromatic heterocycles. The normalized spacial score (nSPS) is 21.6. The summed E-state index contributed by atoms with van der Waals surface area (Å²) in [5.41, 5.74) is 1.78. The zero-order chi connectivity index (χ0) is 24.3. The lowest BCUT2D eigenvalue weighted by atomic mass is 9.82. The summed E-state index contributed by atoms with van der Waals surface area (Å²) in [7, 11) is 5.81. The van der Waals surface area contributed by atoms with E-state index in [2.05, 4.69) is 16.9 Å². The average molecular weight is 450 g/mol. The van der Waals surface area contributed by atoms with Crippen molar-refractivity contribution in [2.75, 3.05) is 6.54 Å². The van der Waals surface area contributed by atoms with E-state index in [1.807, 2.05) is 44.9 Å². The van der Waals surface area contributed by atoms with Crippen molar-refractivity contribution in [3.8, 4) is 0 Å². The Bertz CT molecular complexity index is 1090. The van der Waals surface area contributed by atoms with Crippen LogP contribution in [0.5, 0.6) is 0 Å². The summed E-state index contributed by atoms with van der Waals surface area (Å²) in [5.74, 6) is -1.70. The Kier molecular flexibility index (Phi) is 7.37. The number of hydrogen-bond donors (Lipinski definition) is 1. The monoisotopic (exact) mass is 450 g/mol. The van der Waals surface area contributed by atoms with Crippen molar-refractivity contribution < 1.29 is 13.6 Å². The topological polar surface area (TPSA) is 47.9 Å². The standard InChI is InChI=1S/C25H29BF2N4O/c1-6-25(5)16(3)22(17(4)30-21-13-9-11-19(26)14-29-21)24(33)31(32(25)7-2)15-18-10-8-12-20(27)23(18)28/h8,10-14,30H,4,6-7,9,15H2,1-3,5H3. The van der Waals surface area contributed by atoms with Gasteiger partial charge in [0, 0.05) is 24.0 Å². The molecule has 3 rings (SSSR count). The van der Waals surface area contributed by atoms with Crippen molar-refractivity contribution in [3.63, 3.8) is 0 Å². The lowest BCUT2D eigenvalue weighted by Crippen LogP contribution is -2.62. The Balaban J connectivity index is 2.01. The van der Waals surface area contributed by atoms with E-state index in [-0.39, 0.29) is 18.0 Å². The summed E-state index contributed by atoms with van der Waals surface area (Å²) >= 11 is 0. The van der Waals surface area contributed by atoms with Crippen molar-refractivity contribution in [2.45, 2.75) is 52.6 Å². The molecule has 0 aliphatic carbocycles. The molecule has 1 atom stereocenters. The van der Waals surface area contributed by atoms with Crippen LogP contribution >= 0.6 is 0 Å². The van der Waals surface area contributed by atoms with Gasteiger partial charge in [-0.25, -0.2) is 18.8 Å². The van der Waals surface area contributed by atoms with Gasteiger partial charge in [0.15, 0.2) is 11.6 Å². The lowest BCUT2D eigenvalue weighted by molar-refractivity contribution is -0.161. The molecule has 1 unspecified atom stereocenters. The quantitative estimate of drug-likeness (QED) is 0.623. The predicted octanol–water partition coefficient (Wildman–Crippen LogP) is 4.50. The van der Waals surface area contributed by atoms with E-state index in [1.165, 1.54) is 23.4 Å². The number of nitrogens with one attached hydrogen (secondary N) is 1. The number of amides is 1. The molecule has 172 valence electrons. The highest BCUT2D eigenvalue weighted by atomic mass is 19.2. The van der Waals surface area contributed by atoms with Crippen LogP contribution in [0.4, 0.5) is 8.78 Å². The summed E-state index contributed by atoms with van der Waals surface area (Å²) in [6.45, 7) is 12.4. The molecule has 0 saturated heterocycles. The number of carbonyl (C=O) groups excluding carboxylic acids is 1. The van der Waals surface area contributed by atoms with Crippen LogP contribution in [0.1, 0.15) is 46.1 Å². The maximum absolute atomic E-state index is 14.5. The summed E-state index contributed by atoms with van der Waals surface area (Å²) in [4.78, 5) is 18.0. The highest BCUT2D eigenvalue weighted by Gasteiger charge is 2.45. The summed E-state index contributed by atoms with van der Waals surface area (Å²) < 4.78 is 28.3. The highest BCUT2D eigenvalue weighted by Crippen LogP contribution is 2.39. The fraction of sp³-hybridized carbons (Fsp3) is 0.360. The number of carbonyl (C=O) groups is 1. The van der Waals surface area contributed by atoms with Gasteiger partial charge < -0.3 is 5.32 Å². The minimum Gasteiger partial charge on any atom is -0.340 e. The summed E-state index contributed by atoms with van der Waals surface area (Å²) in [6.07, 6.45) is 6.51. The van der Waals surface area contributed by atoms with Gasteiger partial charge in [-0.15, -0.1) is 0 Å². The highest BCUT2D eigenvalue weighted by molar-refractivity contribution is 6.33. The number of hydrogen-bond acceptors (Lipinski definition) is 4. The number of likely N-dealkylation sites (N-methyl/N-ethyl adjacent to an activating group) is 1. The molecule has 2 aliphatic rings. The van der Waals surface area contributed by atoms with E-state index in [4.69, 9.17) is 7.85 Å². The van der Waals surface area contributed by atoms with E-state index >= 15 is 0 Å². The van der Waals surface area contributed by atoms with Gasteiger partial charge in [0.25, 0.3) is 5.91 Å². The Hall–Kier alpha value is -3.00. The van der Waals surface area contributed by atoms with E-state index in [0.29, 0.717) is 41.9 Å². The molecule has 1 N–H and O–H groups in total. The van der Waals surface area contributed by atoms with Gasteiger partial charge in [-0.1, -0.05) is 44.1 Å². The van der Waals surface area contributed by atoms with E-state index < -0.39 is 17.2 Å². The molecule has 2 radical (unpaired) electrons. The molecule has 0 saturated carbocycles. The molecule has 5 nitrogen and oxygen atoms in total. The summed E-state index contributed by atoms with van der Waals surface area (Å²) in [5, 5.41) is 6.53. The third-order valence-electron chi connectivity index (χ3n) is 6.43. The first kappa shape index (κ1) is 24.6. The van der Waals surface area contributed by atoms with Gasteiger partial charge >= 0.3 is 0 Å². The van der Waals surface area contributed by atoms with Gasteiger partial charge in [-0.3, -0.25) is 9.80 Å². The number of hydrazine groups is 1. The van der Waals surface area contributed by atoms with Gasteiger partial charge in [-0.2, -0.15) is 0 Å². The van der Waals surface area contributed by atoms with Gasteiger partial charge in [-0.05, 0) is 44.4 Å². The molecule has 0 bridgehead atoms. The molecule has 1 aromatic rings. The Morgan fingerprint density at radius 1 is 1.30 bits per heavy atom. The van der Waals surface area contributed by atoms with Crippen LogP contribution in [0.2, 0.25) is 0 Å². The smallest absolute Gasteiger partial charge is 0.270 e. The zero-order valence-corrected chi connectivity index (χ0v) is 19.6. The van der Waals surface area contributed by atoms with Crippen LogP contribution < -0.4 is 5.32 Å². The van der Waals surface area contributed by atoms with E-state index in [9.17, 15) is 13.6 Å². The number of rotatable bonds is 7. The average Bonchev–Trinajstić information content (AvgIpc) is 2.99. The molecule has 2 aliphatic heterocycles. The third-order valence-corrected chi connectivity index (χ3v) is 6.43. The van der Waals surface area contributed by atoms with E-state index in [1.54, 1.807) is 0 Å². The van der Waals surface area contributed by atoms with Crippen molar-refractivity contribution in [1.29, 1.82) is 0 Å². The fourth-order valence-electron chi connectivity index (χ4n) is 4.30. The van der Waals surface area contributed by atoms with Crippen LogP contribution in [0.25, 0.3) is 0 Å². The van der Waals surface area contributed by atoms with Crippen LogP contribution in [-0.2, 0) is 11.3 Å². The molecule has 8 heteroatoms. The molecular formula is C25H29BF2N4O. The Morgan fingerprint density at radius 2 is 2.03 bits per heavy atom. The second kappa shape index (κ2) is 9.87. The van der Waals surface area contributed by atoms with Crippen LogP contribution in [0.15, 0.2) is 70.1 Å². The largest absolute Gasteiger partial charge is 0.340 e. The first-order valence-electron chi connectivity index (χ1n) is 11.0. The number of benzene rings is 1. The Morgan fingerprint density at radius 3 is 2.70 bits per heavy atom. The number of nitrogens with zero attached hydrogens (tertiary/aromatic N) is 3. The number of halogens is 2. The molecule has 2 heterocycles. The number of aliphatic imine (C=N–C) groups is 1. The second-order valence-electron chi connectivity index (χ2n) is 8.31. The maximum atomic E-state index is 14.5. The minimum absolute atomic E-state index is 0.1000. The zero-order valence-electron chi connectivity index (χ0n) is 19.6. The molecule has 1 amide bonds. The van der Waals surface area contributed by atoms with Crippen molar-refractivity contribution in [3.05, 3.63) is 82.3 Å². The van der Waals surface area contributed by atoms with Gasteiger partial charge in [0.1, 0.15) is 13.7 Å². The fourth-order valence-corrected chi connectivity index (χ4v) is 4.30. The molecular weight excluding hydrogens is 421 g/mol. The lowest BCUT2D eigenvalue weighted by Gasteiger charge is -2.51. The first-order chi connectivity index (χ1) is 15.6. The van der Waals surface area contributed by atoms with Crippen molar-refractivity contribution >= 4 is 20.0 Å². The maximum Gasteiger partial charge on any atom is 0.270 e. The minimum atomic E-state index is -0.952. The Labute approximate surface area is 195 Å². The van der Waals surface area contributed by atoms with Crippen LogP contribution in [0, 0.1) is 11.6 Å². The molecule has 0 spiro atoms. The van der Waals surface area contributed by atoms with Gasteiger partial charge in [0.05, 0.1) is 17.7 Å². The van der Waals surface area contributed by atoms with Crippen molar-refractivity contribution in [1.82, 2.24) is 15.3 Å². The van der Waals surface area contributed by atoms with Crippen LogP contribution in [0.3, 0.4) is 0 Å². The summed E-state index contributed by atoms with van der Waals surface area (Å²) in [6, 6.07) is 3.99. The van der Waals surface area contributed by atoms with Crippen LogP contribution in [-0.4, -0.2) is 42.1 Å². The van der Waals surface area contributed by atoms with Gasteiger partial charge in [0.2, 0.25) is 0 Å². The van der Waals surface area contributed by atoms with Crippen molar-refractivity contribution in [2.24, 2.45) is 4.99 Å². The number of allylic oxidation sites excluding steroid dienone is 3. The first-order valence-corrected chi connectivity index (χ1v) is 11.0. The third kappa shape index (κ3) is 4.71. The molecule has 33 heavy (non-hydrogen) atoms. The predicted molar refractivity (Wildman–Crippen MR) is 128 cm³/mol.